The molecule has 0 rings (SSSR count). The zero-order valence-corrected chi connectivity index (χ0v) is 18.8. The van der Waals surface area contributed by atoms with Gasteiger partial charge in [-0.25, -0.2) is 4.57 Å². The number of hydrogen-bond acceptors (Lipinski definition) is 3. The molecule has 0 spiro atoms. The first-order valence-electron chi connectivity index (χ1n) is 7.90. The summed E-state index contributed by atoms with van der Waals surface area (Å²) in [5.41, 5.74) is 0. The van der Waals surface area contributed by atoms with Gasteiger partial charge in [0.05, 0.1) is 0 Å². The van der Waals surface area contributed by atoms with E-state index in [1.807, 2.05) is 0 Å². The predicted octanol–water partition coefficient (Wildman–Crippen LogP) is -0.569. The van der Waals surface area contributed by atoms with E-state index in [2.05, 4.69) is 6.92 Å². The molecule has 15 heteroatoms. The van der Waals surface area contributed by atoms with Gasteiger partial charge in [-0.2, -0.15) is 8.42 Å². The molecule has 0 saturated carbocycles. The average molecular weight is 509 g/mol. The van der Waals surface area contributed by atoms with Crippen LogP contribution in [0.2, 0.25) is 3.67 Å². The van der Waals surface area contributed by atoms with Crippen LogP contribution in [0.1, 0.15) is 71.1 Å². The third-order valence-corrected chi connectivity index (χ3v) is 3.41. The third kappa shape index (κ3) is 123. The van der Waals surface area contributed by atoms with Gasteiger partial charge in [0.25, 0.3) is 0 Å². The molecule has 0 saturated heterocycles. The molecular formula is C12H38Ca2NaO10PS. The van der Waals surface area contributed by atoms with Crippen molar-refractivity contribution >= 4 is 122 Å². The van der Waals surface area contributed by atoms with E-state index in [0.717, 1.165) is 0 Å². The summed E-state index contributed by atoms with van der Waals surface area (Å²) in [6, 6.07) is 0. The van der Waals surface area contributed by atoms with Gasteiger partial charge in [0.1, 0.15) is 0 Å². The third-order valence-electron chi connectivity index (χ3n) is 2.71. The summed E-state index contributed by atoms with van der Waals surface area (Å²) in [6.07, 6.45) is 14.7. The molecule has 0 aromatic heterocycles. The molecule has 0 aromatic rings. The van der Waals surface area contributed by atoms with Crippen LogP contribution in [0.15, 0.2) is 0 Å². The van der Waals surface area contributed by atoms with Crippen LogP contribution in [-0.2, 0) is 15.0 Å². The maximum absolute atomic E-state index is 8.88. The monoisotopic (exact) mass is 508 g/mol. The van der Waals surface area contributed by atoms with Crippen molar-refractivity contribution < 1.29 is 47.7 Å². The summed E-state index contributed by atoms with van der Waals surface area (Å²) in [4.78, 5) is 21.6. The van der Waals surface area contributed by atoms with Gasteiger partial charge in [-0.3, -0.25) is 9.11 Å². The van der Waals surface area contributed by atoms with Crippen LogP contribution in [0.4, 0.5) is 0 Å². The zero-order chi connectivity index (χ0) is 18.8. The minimum atomic E-state index is -4.67. The SMILES string of the molecule is CCCCCCCCCCC[CH2][Na].O.O.O=P(O)(O)O.O=S(=O)(O)O.[CaH2].[CaH2]. The first-order chi connectivity index (χ1) is 10.4. The number of phosphoric acid groups is 1. The van der Waals surface area contributed by atoms with E-state index >= 15 is 0 Å². The van der Waals surface area contributed by atoms with Crippen LogP contribution in [-0.4, -0.2) is 147 Å². The second kappa shape index (κ2) is 34.0. The van der Waals surface area contributed by atoms with Gasteiger partial charge in [0, 0.05) is 0 Å². The normalized spacial score (nSPS) is 9.48. The second-order valence-corrected chi connectivity index (χ2v) is 8.07. The number of hydrogen-bond donors (Lipinski definition) is 5. The molecular weight excluding hydrogens is 470 g/mol. The summed E-state index contributed by atoms with van der Waals surface area (Å²) in [6.45, 7) is 2.29. The van der Waals surface area contributed by atoms with E-state index in [4.69, 9.17) is 36.8 Å². The summed E-state index contributed by atoms with van der Waals surface area (Å²) < 4.78 is 42.0. The van der Waals surface area contributed by atoms with Crippen LogP contribution < -0.4 is 0 Å². The quantitative estimate of drug-likeness (QED) is 0.111. The van der Waals surface area contributed by atoms with E-state index in [0.29, 0.717) is 0 Å². The van der Waals surface area contributed by atoms with Gasteiger partial charge < -0.3 is 25.6 Å². The van der Waals surface area contributed by atoms with Crippen molar-refractivity contribution in [3.05, 3.63) is 0 Å². The molecule has 0 aliphatic rings. The fraction of sp³-hybridized carbons (Fsp3) is 1.00. The number of rotatable bonds is 10. The molecule has 0 aromatic carbocycles. The molecule has 0 bridgehead atoms. The number of unbranched alkanes of at least 4 members (excludes halogenated alkanes) is 9. The molecule has 0 radical (unpaired) electrons. The Kier molecular flexibility index (Phi) is 60.5. The van der Waals surface area contributed by atoms with Gasteiger partial charge in [0.2, 0.25) is 0 Å². The Bertz CT molecular complexity index is 358. The van der Waals surface area contributed by atoms with Crippen molar-refractivity contribution in [1.29, 1.82) is 0 Å². The molecule has 0 unspecified atom stereocenters. The maximum atomic E-state index is 8.88. The molecule has 0 amide bonds. The van der Waals surface area contributed by atoms with Crippen molar-refractivity contribution in [2.24, 2.45) is 0 Å². The summed E-state index contributed by atoms with van der Waals surface area (Å²) in [7, 11) is -9.31. The van der Waals surface area contributed by atoms with E-state index in [1.165, 1.54) is 95.8 Å². The van der Waals surface area contributed by atoms with Gasteiger partial charge in [-0.1, -0.05) is 0 Å². The van der Waals surface area contributed by atoms with Crippen molar-refractivity contribution in [1.82, 2.24) is 0 Å². The molecule has 10 nitrogen and oxygen atoms in total. The Morgan fingerprint density at radius 2 is 0.926 bits per heavy atom. The molecule has 0 aliphatic carbocycles. The van der Waals surface area contributed by atoms with Crippen LogP contribution in [0, 0.1) is 0 Å². The van der Waals surface area contributed by atoms with Crippen molar-refractivity contribution in [2.75, 3.05) is 0 Å². The topological polar surface area (TPSA) is 215 Å². The molecule has 0 aliphatic heterocycles. The minimum absolute atomic E-state index is 0. The Morgan fingerprint density at radius 3 is 1.11 bits per heavy atom. The van der Waals surface area contributed by atoms with Crippen LogP contribution in [0.5, 0.6) is 0 Å². The summed E-state index contributed by atoms with van der Waals surface area (Å²) in [5, 5.41) is 0. The molecule has 0 fully saturated rings. The first-order valence-corrected chi connectivity index (χ1v) is 12.3. The fourth-order valence-corrected chi connectivity index (χ4v) is 2.24. The Morgan fingerprint density at radius 1 is 0.741 bits per heavy atom. The summed E-state index contributed by atoms with van der Waals surface area (Å²) in [5.74, 6) is 0. The first kappa shape index (κ1) is 48.0. The van der Waals surface area contributed by atoms with Crippen LogP contribution in [0.3, 0.4) is 0 Å². The second-order valence-electron chi connectivity index (χ2n) is 5.14. The standard InChI is InChI=1S/C12H25.2Ca.Na.H3O4P.H2O4S.2H2O.4H/c1-3-5-7-9-11-12-10-8-6-4-2;;;;2*1-5(2,3)4;;;;;;/h1,3-12H2,2H3;;;;(H3,1,2,3,4);(H2,1,2,3,4);2*1H2;;;;. The molecule has 162 valence electrons. The fourth-order valence-electron chi connectivity index (χ4n) is 1.74. The van der Waals surface area contributed by atoms with E-state index in [1.54, 1.807) is 0 Å². The Balaban J connectivity index is -0.0000000488. The Hall–Kier alpha value is 3.42. The van der Waals surface area contributed by atoms with Gasteiger partial charge in [-0.05, 0) is 0 Å². The zero-order valence-electron chi connectivity index (χ0n) is 15.1. The van der Waals surface area contributed by atoms with E-state index in [9.17, 15) is 0 Å². The van der Waals surface area contributed by atoms with Gasteiger partial charge in [0.15, 0.2) is 0 Å². The van der Waals surface area contributed by atoms with E-state index in [-0.39, 0.29) is 86.4 Å². The molecule has 9 N–H and O–H groups in total. The summed E-state index contributed by atoms with van der Waals surface area (Å²) >= 11 is 1.41. The molecule has 0 heterocycles. The van der Waals surface area contributed by atoms with Crippen LogP contribution in [0.25, 0.3) is 0 Å². The average Bonchev–Trinajstić information content (AvgIpc) is 2.33. The van der Waals surface area contributed by atoms with Crippen molar-refractivity contribution in [3.63, 3.8) is 0 Å². The van der Waals surface area contributed by atoms with Crippen molar-refractivity contribution in [3.8, 4) is 0 Å². The van der Waals surface area contributed by atoms with Gasteiger partial charge in [-0.15, -0.1) is 0 Å². The van der Waals surface area contributed by atoms with Crippen LogP contribution >= 0.6 is 7.82 Å². The Labute approximate surface area is 240 Å². The van der Waals surface area contributed by atoms with Crippen molar-refractivity contribution in [2.45, 2.75) is 74.8 Å². The van der Waals surface area contributed by atoms with Gasteiger partial charge >= 0.3 is 196 Å². The molecule has 0 atom stereocenters. The predicted molar refractivity (Wildman–Crippen MR) is 115 cm³/mol. The molecule has 27 heavy (non-hydrogen) atoms. The van der Waals surface area contributed by atoms with E-state index < -0.39 is 18.2 Å².